The first-order valence-corrected chi connectivity index (χ1v) is 9.01. The maximum atomic E-state index is 12.8. The van der Waals surface area contributed by atoms with Crippen LogP contribution in [0, 0.1) is 0 Å². The topological polar surface area (TPSA) is 42.0 Å². The fourth-order valence-corrected chi connectivity index (χ4v) is 3.45. The number of carbonyl (C=O) groups is 1. The van der Waals surface area contributed by atoms with Crippen molar-refractivity contribution in [2.24, 2.45) is 0 Å². The molecule has 7 heteroatoms. The van der Waals surface area contributed by atoms with E-state index in [-0.39, 0.29) is 5.91 Å². The Morgan fingerprint density at radius 3 is 2.31 bits per heavy atom. The van der Waals surface area contributed by atoms with E-state index in [4.69, 9.17) is 32.7 Å². The van der Waals surface area contributed by atoms with Gasteiger partial charge in [-0.05, 0) is 30.3 Å². The van der Waals surface area contributed by atoms with Gasteiger partial charge in [-0.25, -0.2) is 0 Å². The Balaban J connectivity index is 1.70. The molecule has 5 nitrogen and oxygen atoms in total. The van der Waals surface area contributed by atoms with Gasteiger partial charge in [-0.1, -0.05) is 29.3 Å². The molecule has 0 radical (unpaired) electrons. The van der Waals surface area contributed by atoms with E-state index in [1.807, 2.05) is 17.0 Å². The highest BCUT2D eigenvalue weighted by Crippen LogP contribution is 2.33. The number of carbonyl (C=O) groups excluding carboxylic acids is 1. The Bertz CT molecular complexity index is 805. The number of amides is 1. The molecule has 1 aliphatic heterocycles. The van der Waals surface area contributed by atoms with Crippen LogP contribution in [0.4, 0.5) is 5.69 Å². The van der Waals surface area contributed by atoms with Crippen molar-refractivity contribution >= 4 is 34.8 Å². The highest BCUT2D eigenvalue weighted by molar-refractivity contribution is 6.43. The van der Waals surface area contributed by atoms with Crippen LogP contribution in [-0.2, 0) is 0 Å². The summed E-state index contributed by atoms with van der Waals surface area (Å²) in [5, 5.41) is 1.09. The van der Waals surface area contributed by atoms with E-state index in [9.17, 15) is 4.79 Å². The normalized spacial score (nSPS) is 14.3. The minimum atomic E-state index is -0.0252. The molecule has 0 spiro atoms. The first-order valence-electron chi connectivity index (χ1n) is 8.25. The maximum absolute atomic E-state index is 12.8. The lowest BCUT2D eigenvalue weighted by Gasteiger charge is -2.36. The molecule has 0 aliphatic carbocycles. The molecule has 0 aromatic heterocycles. The summed E-state index contributed by atoms with van der Waals surface area (Å²) in [6.45, 7) is 2.60. The van der Waals surface area contributed by atoms with Crippen LogP contribution >= 0.6 is 23.2 Å². The molecule has 0 saturated carbocycles. The molecule has 2 aromatic rings. The van der Waals surface area contributed by atoms with Crippen LogP contribution in [0.25, 0.3) is 0 Å². The summed E-state index contributed by atoms with van der Waals surface area (Å²) in [4.78, 5) is 16.8. The summed E-state index contributed by atoms with van der Waals surface area (Å²) in [7, 11) is 3.12. The van der Waals surface area contributed by atoms with Gasteiger partial charge in [-0.2, -0.15) is 0 Å². The lowest BCUT2D eigenvalue weighted by Crippen LogP contribution is -2.48. The van der Waals surface area contributed by atoms with E-state index in [1.54, 1.807) is 38.5 Å². The second kappa shape index (κ2) is 8.06. The molecule has 0 bridgehead atoms. The summed E-state index contributed by atoms with van der Waals surface area (Å²) < 4.78 is 10.5. The standard InChI is InChI=1S/C19H20Cl2N2O3/c1-25-16-7-6-13(12-17(16)26-2)19(24)23-10-8-22(9-11-23)15-5-3-4-14(20)18(15)21/h3-7,12H,8-11H2,1-2H3. The van der Waals surface area contributed by atoms with Gasteiger partial charge in [-0.15, -0.1) is 0 Å². The van der Waals surface area contributed by atoms with Gasteiger partial charge in [0.05, 0.1) is 30.0 Å². The fraction of sp³-hybridized carbons (Fsp3) is 0.316. The number of piperazine rings is 1. The van der Waals surface area contributed by atoms with Gasteiger partial charge >= 0.3 is 0 Å². The van der Waals surface area contributed by atoms with E-state index in [1.165, 1.54) is 0 Å². The molecule has 1 aliphatic rings. The molecule has 1 amide bonds. The Kier molecular flexibility index (Phi) is 5.79. The van der Waals surface area contributed by atoms with Gasteiger partial charge in [0.25, 0.3) is 5.91 Å². The zero-order valence-corrected chi connectivity index (χ0v) is 16.2. The van der Waals surface area contributed by atoms with Gasteiger partial charge < -0.3 is 19.3 Å². The van der Waals surface area contributed by atoms with E-state index in [0.717, 1.165) is 5.69 Å². The first-order chi connectivity index (χ1) is 12.5. The maximum Gasteiger partial charge on any atom is 0.254 e. The average molecular weight is 395 g/mol. The number of benzene rings is 2. The largest absolute Gasteiger partial charge is 0.493 e. The minimum absolute atomic E-state index is 0.0252. The number of ether oxygens (including phenoxy) is 2. The Morgan fingerprint density at radius 1 is 0.962 bits per heavy atom. The van der Waals surface area contributed by atoms with Crippen molar-refractivity contribution in [1.29, 1.82) is 0 Å². The lowest BCUT2D eigenvalue weighted by atomic mass is 10.1. The van der Waals surface area contributed by atoms with E-state index >= 15 is 0 Å². The van der Waals surface area contributed by atoms with Crippen molar-refractivity contribution in [3.8, 4) is 11.5 Å². The third-order valence-corrected chi connectivity index (χ3v) is 5.28. The van der Waals surface area contributed by atoms with Gasteiger partial charge in [0, 0.05) is 31.7 Å². The zero-order valence-electron chi connectivity index (χ0n) is 14.7. The second-order valence-electron chi connectivity index (χ2n) is 5.92. The molecule has 0 N–H and O–H groups in total. The van der Waals surface area contributed by atoms with Gasteiger partial charge in [0.15, 0.2) is 11.5 Å². The third kappa shape index (κ3) is 3.69. The predicted octanol–water partition coefficient (Wildman–Crippen LogP) is 3.97. The third-order valence-electron chi connectivity index (χ3n) is 4.47. The number of nitrogens with zero attached hydrogens (tertiary/aromatic N) is 2. The Morgan fingerprint density at radius 2 is 1.65 bits per heavy atom. The average Bonchev–Trinajstić information content (AvgIpc) is 2.69. The molecule has 1 fully saturated rings. The van der Waals surface area contributed by atoms with Crippen molar-refractivity contribution in [2.75, 3.05) is 45.3 Å². The molecule has 2 aromatic carbocycles. The van der Waals surface area contributed by atoms with E-state index < -0.39 is 0 Å². The molecule has 0 unspecified atom stereocenters. The van der Waals surface area contributed by atoms with E-state index in [2.05, 4.69) is 4.90 Å². The molecule has 26 heavy (non-hydrogen) atoms. The van der Waals surface area contributed by atoms with Crippen molar-refractivity contribution in [3.05, 3.63) is 52.0 Å². The summed E-state index contributed by atoms with van der Waals surface area (Å²) in [5.41, 5.74) is 1.48. The van der Waals surface area contributed by atoms with Crippen LogP contribution in [0.3, 0.4) is 0 Å². The molecule has 0 atom stereocenters. The van der Waals surface area contributed by atoms with Crippen LogP contribution in [0.15, 0.2) is 36.4 Å². The summed E-state index contributed by atoms with van der Waals surface area (Å²) in [6, 6.07) is 10.8. The molecular formula is C19H20Cl2N2O3. The van der Waals surface area contributed by atoms with Gasteiger partial charge in [0.1, 0.15) is 0 Å². The van der Waals surface area contributed by atoms with Crippen LogP contribution in [0.1, 0.15) is 10.4 Å². The van der Waals surface area contributed by atoms with Crippen molar-refractivity contribution in [1.82, 2.24) is 4.90 Å². The Hall–Kier alpha value is -2.11. The minimum Gasteiger partial charge on any atom is -0.493 e. The number of hydrogen-bond donors (Lipinski definition) is 0. The number of halogens is 2. The van der Waals surface area contributed by atoms with Crippen LogP contribution in [-0.4, -0.2) is 51.2 Å². The number of hydrogen-bond acceptors (Lipinski definition) is 4. The predicted molar refractivity (Wildman–Crippen MR) is 104 cm³/mol. The zero-order chi connectivity index (χ0) is 18.7. The number of rotatable bonds is 4. The SMILES string of the molecule is COc1ccc(C(=O)N2CCN(c3cccc(Cl)c3Cl)CC2)cc1OC. The lowest BCUT2D eigenvalue weighted by molar-refractivity contribution is 0.0746. The van der Waals surface area contributed by atoms with Crippen molar-refractivity contribution in [3.63, 3.8) is 0 Å². The first kappa shape index (κ1) is 18.7. The molecule has 1 saturated heterocycles. The quantitative estimate of drug-likeness (QED) is 0.786. The highest BCUT2D eigenvalue weighted by atomic mass is 35.5. The molecule has 138 valence electrons. The van der Waals surface area contributed by atoms with Crippen LogP contribution in [0.5, 0.6) is 11.5 Å². The Labute approximate surface area is 163 Å². The molecule has 1 heterocycles. The molecule has 3 rings (SSSR count). The number of anilines is 1. The highest BCUT2D eigenvalue weighted by Gasteiger charge is 2.24. The fourth-order valence-electron chi connectivity index (χ4n) is 3.04. The molecular weight excluding hydrogens is 375 g/mol. The number of methoxy groups -OCH3 is 2. The van der Waals surface area contributed by atoms with Crippen LogP contribution < -0.4 is 14.4 Å². The van der Waals surface area contributed by atoms with Crippen molar-refractivity contribution in [2.45, 2.75) is 0 Å². The monoisotopic (exact) mass is 394 g/mol. The summed E-state index contributed by atoms with van der Waals surface area (Å²) in [5.74, 6) is 1.12. The van der Waals surface area contributed by atoms with Crippen molar-refractivity contribution < 1.29 is 14.3 Å². The smallest absolute Gasteiger partial charge is 0.254 e. The second-order valence-corrected chi connectivity index (χ2v) is 6.71. The van der Waals surface area contributed by atoms with Gasteiger partial charge in [0.2, 0.25) is 0 Å². The summed E-state index contributed by atoms with van der Waals surface area (Å²) >= 11 is 12.4. The summed E-state index contributed by atoms with van der Waals surface area (Å²) in [6.07, 6.45) is 0. The van der Waals surface area contributed by atoms with Crippen LogP contribution in [0.2, 0.25) is 10.0 Å². The van der Waals surface area contributed by atoms with E-state index in [0.29, 0.717) is 53.3 Å². The van der Waals surface area contributed by atoms with Gasteiger partial charge in [-0.3, -0.25) is 4.79 Å².